The second kappa shape index (κ2) is 4.63. The first-order valence-electron chi connectivity index (χ1n) is 5.88. The summed E-state index contributed by atoms with van der Waals surface area (Å²) in [4.78, 5) is 0. The van der Waals surface area contributed by atoms with E-state index >= 15 is 0 Å². The molecule has 0 aliphatic carbocycles. The van der Waals surface area contributed by atoms with Crippen LogP contribution in [0.3, 0.4) is 0 Å². The summed E-state index contributed by atoms with van der Waals surface area (Å²) in [5, 5.41) is 3.20. The Balaban J connectivity index is 1.89. The lowest BCUT2D eigenvalue weighted by Crippen LogP contribution is -2.13. The molecule has 1 aliphatic rings. The number of anilines is 2. The molecule has 1 aliphatic heterocycles. The molecular weight excluding hydrogens is 267 g/mol. The van der Waals surface area contributed by atoms with E-state index in [1.54, 1.807) is 0 Å². The van der Waals surface area contributed by atoms with E-state index in [1.807, 2.05) is 24.3 Å². The molecule has 19 heavy (non-hydrogen) atoms. The molecule has 3 nitrogen and oxygen atoms in total. The van der Waals surface area contributed by atoms with Gasteiger partial charge in [0.25, 0.3) is 0 Å². The fourth-order valence-corrected chi connectivity index (χ4v) is 2.33. The summed E-state index contributed by atoms with van der Waals surface area (Å²) in [6.45, 7) is 0.489. The van der Waals surface area contributed by atoms with Crippen LogP contribution < -0.4 is 15.8 Å². The molecule has 3 rings (SSSR count). The number of nitrogens with two attached hydrogens (primary N) is 1. The van der Waals surface area contributed by atoms with Crippen molar-refractivity contribution in [2.24, 2.45) is 0 Å². The number of para-hydroxylation sites is 1. The number of hydrogen-bond donors (Lipinski definition) is 2. The molecular formula is C14H12ClFN2O. The Morgan fingerprint density at radius 1 is 1.32 bits per heavy atom. The molecule has 0 bridgehead atoms. The lowest BCUT2D eigenvalue weighted by atomic mass is 10.1. The highest BCUT2D eigenvalue weighted by atomic mass is 35.5. The number of nitrogens with one attached hydrogen (secondary N) is 1. The van der Waals surface area contributed by atoms with Crippen LogP contribution in [0.5, 0.6) is 5.75 Å². The molecule has 1 unspecified atom stereocenters. The van der Waals surface area contributed by atoms with Crippen molar-refractivity contribution in [3.05, 3.63) is 52.8 Å². The van der Waals surface area contributed by atoms with E-state index in [0.29, 0.717) is 18.0 Å². The third-order valence-electron chi connectivity index (χ3n) is 3.12. The van der Waals surface area contributed by atoms with Crippen LogP contribution in [0, 0.1) is 5.82 Å². The average Bonchev–Trinajstić information content (AvgIpc) is 2.80. The zero-order valence-corrected chi connectivity index (χ0v) is 10.7. The van der Waals surface area contributed by atoms with E-state index in [9.17, 15) is 4.39 Å². The summed E-state index contributed by atoms with van der Waals surface area (Å²) in [6, 6.07) is 10.4. The maximum Gasteiger partial charge on any atom is 0.143 e. The standard InChI is InChI=1S/C14H12ClFN2O/c15-9-5-11(17)12(6-10(9)16)18-13-7-19-14-4-2-1-3-8(13)14/h1-6,13,18H,7,17H2. The van der Waals surface area contributed by atoms with Crippen molar-refractivity contribution >= 4 is 23.0 Å². The van der Waals surface area contributed by atoms with Crippen molar-refractivity contribution in [3.8, 4) is 5.75 Å². The summed E-state index contributed by atoms with van der Waals surface area (Å²) in [5.74, 6) is 0.346. The number of fused-ring (bicyclic) bond motifs is 1. The van der Waals surface area contributed by atoms with Gasteiger partial charge >= 0.3 is 0 Å². The number of halogens is 2. The first-order valence-corrected chi connectivity index (χ1v) is 6.26. The van der Waals surface area contributed by atoms with Gasteiger partial charge in [-0.3, -0.25) is 0 Å². The molecule has 0 radical (unpaired) electrons. The maximum atomic E-state index is 13.5. The van der Waals surface area contributed by atoms with Gasteiger partial charge in [-0.15, -0.1) is 0 Å². The van der Waals surface area contributed by atoms with Crippen molar-refractivity contribution in [1.82, 2.24) is 0 Å². The Morgan fingerprint density at radius 2 is 2.11 bits per heavy atom. The van der Waals surface area contributed by atoms with Gasteiger partial charge in [0, 0.05) is 11.6 Å². The van der Waals surface area contributed by atoms with Crippen molar-refractivity contribution < 1.29 is 9.13 Å². The smallest absolute Gasteiger partial charge is 0.143 e. The highest BCUT2D eigenvalue weighted by Gasteiger charge is 2.24. The van der Waals surface area contributed by atoms with Crippen LogP contribution >= 0.6 is 11.6 Å². The number of hydrogen-bond acceptors (Lipinski definition) is 3. The zero-order valence-electron chi connectivity index (χ0n) is 9.99. The molecule has 0 fully saturated rings. The average molecular weight is 279 g/mol. The van der Waals surface area contributed by atoms with Gasteiger partial charge in [0.2, 0.25) is 0 Å². The normalized spacial score (nSPS) is 16.8. The third-order valence-corrected chi connectivity index (χ3v) is 3.41. The van der Waals surface area contributed by atoms with Gasteiger partial charge in [0.15, 0.2) is 0 Å². The topological polar surface area (TPSA) is 47.3 Å². The van der Waals surface area contributed by atoms with E-state index < -0.39 is 5.82 Å². The van der Waals surface area contributed by atoms with Crippen LogP contribution in [-0.2, 0) is 0 Å². The summed E-state index contributed by atoms with van der Waals surface area (Å²) in [7, 11) is 0. The lowest BCUT2D eigenvalue weighted by Gasteiger charge is -2.15. The van der Waals surface area contributed by atoms with Gasteiger partial charge in [0.05, 0.1) is 22.4 Å². The molecule has 0 spiro atoms. The van der Waals surface area contributed by atoms with Crippen LogP contribution in [-0.4, -0.2) is 6.61 Å². The minimum Gasteiger partial charge on any atom is -0.491 e. The van der Waals surface area contributed by atoms with Gasteiger partial charge in [-0.2, -0.15) is 0 Å². The molecule has 0 saturated carbocycles. The van der Waals surface area contributed by atoms with E-state index in [4.69, 9.17) is 22.1 Å². The predicted molar refractivity (Wildman–Crippen MR) is 74.1 cm³/mol. The van der Waals surface area contributed by atoms with Crippen LogP contribution in [0.4, 0.5) is 15.8 Å². The van der Waals surface area contributed by atoms with Crippen molar-refractivity contribution in [2.75, 3.05) is 17.7 Å². The third kappa shape index (κ3) is 2.19. The highest BCUT2D eigenvalue weighted by molar-refractivity contribution is 6.31. The van der Waals surface area contributed by atoms with E-state index in [-0.39, 0.29) is 11.1 Å². The highest BCUT2D eigenvalue weighted by Crippen LogP contribution is 2.36. The second-order valence-corrected chi connectivity index (χ2v) is 4.81. The molecule has 2 aromatic rings. The fraction of sp³-hybridized carbons (Fsp3) is 0.143. The molecule has 2 aromatic carbocycles. The Bertz CT molecular complexity index is 633. The maximum absolute atomic E-state index is 13.5. The van der Waals surface area contributed by atoms with Gasteiger partial charge in [-0.1, -0.05) is 29.8 Å². The van der Waals surface area contributed by atoms with Crippen LogP contribution in [0.15, 0.2) is 36.4 Å². The monoisotopic (exact) mass is 278 g/mol. The molecule has 0 amide bonds. The summed E-state index contributed by atoms with van der Waals surface area (Å²) in [5.41, 5.74) is 7.81. The molecule has 3 N–H and O–H groups in total. The van der Waals surface area contributed by atoms with Crippen molar-refractivity contribution in [1.29, 1.82) is 0 Å². The van der Waals surface area contributed by atoms with Gasteiger partial charge < -0.3 is 15.8 Å². The van der Waals surface area contributed by atoms with Crippen molar-refractivity contribution in [2.45, 2.75) is 6.04 Å². The minimum absolute atomic E-state index is 0.0196. The minimum atomic E-state index is -0.495. The Kier molecular flexibility index (Phi) is 2.95. The fourth-order valence-electron chi connectivity index (χ4n) is 2.16. The van der Waals surface area contributed by atoms with Crippen LogP contribution in [0.2, 0.25) is 5.02 Å². The first kappa shape index (κ1) is 12.1. The quantitative estimate of drug-likeness (QED) is 0.825. The Hall–Kier alpha value is -1.94. The van der Waals surface area contributed by atoms with Crippen molar-refractivity contribution in [3.63, 3.8) is 0 Å². The van der Waals surface area contributed by atoms with Gasteiger partial charge in [-0.25, -0.2) is 4.39 Å². The molecule has 98 valence electrons. The molecule has 1 atom stereocenters. The van der Waals surface area contributed by atoms with E-state index in [1.165, 1.54) is 12.1 Å². The van der Waals surface area contributed by atoms with Gasteiger partial charge in [-0.05, 0) is 12.1 Å². The van der Waals surface area contributed by atoms with E-state index in [0.717, 1.165) is 11.3 Å². The lowest BCUT2D eigenvalue weighted by molar-refractivity contribution is 0.340. The first-order chi connectivity index (χ1) is 9.15. The summed E-state index contributed by atoms with van der Waals surface area (Å²) in [6.07, 6.45) is 0. The van der Waals surface area contributed by atoms with Crippen LogP contribution in [0.1, 0.15) is 11.6 Å². The predicted octanol–water partition coefficient (Wildman–Crippen LogP) is 3.61. The summed E-state index contributed by atoms with van der Waals surface area (Å²) < 4.78 is 19.0. The van der Waals surface area contributed by atoms with E-state index in [2.05, 4.69) is 5.32 Å². The van der Waals surface area contributed by atoms with Crippen LogP contribution in [0.25, 0.3) is 0 Å². The SMILES string of the molecule is Nc1cc(Cl)c(F)cc1NC1COc2ccccc21. The molecule has 0 saturated heterocycles. The second-order valence-electron chi connectivity index (χ2n) is 4.40. The Labute approximate surface area is 115 Å². The molecule has 1 heterocycles. The number of rotatable bonds is 2. The number of nitrogen functional groups attached to an aromatic ring is 1. The van der Waals surface area contributed by atoms with Gasteiger partial charge in [0.1, 0.15) is 18.2 Å². The zero-order chi connectivity index (χ0) is 13.4. The Morgan fingerprint density at radius 3 is 2.95 bits per heavy atom. The molecule has 0 aromatic heterocycles. The summed E-state index contributed by atoms with van der Waals surface area (Å²) >= 11 is 5.68. The molecule has 5 heteroatoms. The number of benzene rings is 2. The number of ether oxygens (including phenoxy) is 1. The largest absolute Gasteiger partial charge is 0.491 e.